The van der Waals surface area contributed by atoms with E-state index in [1.807, 2.05) is 6.07 Å². The number of nitrogens with zero attached hydrogens (tertiary/aromatic N) is 1. The molecule has 4 nitrogen and oxygen atoms in total. The molecule has 0 spiro atoms. The standard InChI is InChI=1S/C17H10FNO3/c18-14-4-1-11(2-5-14)7-13(9-19)17(20)12-3-6-15-16(8-12)22-10-21-15/h1-8H,10H2/b13-7+. The van der Waals surface area contributed by atoms with E-state index >= 15 is 0 Å². The number of hydrogen-bond acceptors (Lipinski definition) is 4. The zero-order chi connectivity index (χ0) is 15.5. The first kappa shape index (κ1) is 13.8. The van der Waals surface area contributed by atoms with Gasteiger partial charge in [-0.1, -0.05) is 12.1 Å². The largest absolute Gasteiger partial charge is 0.454 e. The van der Waals surface area contributed by atoms with Crippen molar-refractivity contribution in [3.63, 3.8) is 0 Å². The molecule has 3 rings (SSSR count). The highest BCUT2D eigenvalue weighted by atomic mass is 19.1. The van der Waals surface area contributed by atoms with Gasteiger partial charge in [0.1, 0.15) is 17.5 Å². The number of benzene rings is 2. The maximum Gasteiger partial charge on any atom is 0.231 e. The summed E-state index contributed by atoms with van der Waals surface area (Å²) >= 11 is 0. The molecule has 0 unspecified atom stereocenters. The van der Waals surface area contributed by atoms with Gasteiger partial charge in [-0.2, -0.15) is 5.26 Å². The lowest BCUT2D eigenvalue weighted by Crippen LogP contribution is -2.02. The van der Waals surface area contributed by atoms with Gasteiger partial charge in [0.05, 0.1) is 0 Å². The number of nitriles is 1. The minimum Gasteiger partial charge on any atom is -0.454 e. The first-order valence-corrected chi connectivity index (χ1v) is 6.49. The van der Waals surface area contributed by atoms with Gasteiger partial charge in [-0.25, -0.2) is 4.39 Å². The van der Waals surface area contributed by atoms with Gasteiger partial charge in [0.2, 0.25) is 12.6 Å². The highest BCUT2D eigenvalue weighted by Crippen LogP contribution is 2.33. The van der Waals surface area contributed by atoms with Crippen molar-refractivity contribution in [3.05, 3.63) is 65.0 Å². The zero-order valence-electron chi connectivity index (χ0n) is 11.4. The van der Waals surface area contributed by atoms with Gasteiger partial charge in [0.15, 0.2) is 11.5 Å². The summed E-state index contributed by atoms with van der Waals surface area (Å²) in [6.07, 6.45) is 1.42. The maximum absolute atomic E-state index is 12.9. The van der Waals surface area contributed by atoms with Crippen LogP contribution in [-0.4, -0.2) is 12.6 Å². The van der Waals surface area contributed by atoms with Crippen LogP contribution in [0.2, 0.25) is 0 Å². The minimum absolute atomic E-state index is 0.0366. The molecule has 0 N–H and O–H groups in total. The van der Waals surface area contributed by atoms with Crippen molar-refractivity contribution in [2.75, 3.05) is 6.79 Å². The van der Waals surface area contributed by atoms with E-state index < -0.39 is 5.78 Å². The van der Waals surface area contributed by atoms with Crippen LogP contribution in [0.5, 0.6) is 11.5 Å². The number of hydrogen-bond donors (Lipinski definition) is 0. The lowest BCUT2D eigenvalue weighted by atomic mass is 10.0. The first-order valence-electron chi connectivity index (χ1n) is 6.49. The number of carbonyl (C=O) groups excluding carboxylic acids is 1. The second-order valence-electron chi connectivity index (χ2n) is 4.62. The van der Waals surface area contributed by atoms with Crippen LogP contribution in [0.25, 0.3) is 6.08 Å². The fourth-order valence-corrected chi connectivity index (χ4v) is 2.07. The molecule has 5 heteroatoms. The highest BCUT2D eigenvalue weighted by molar-refractivity contribution is 6.14. The van der Waals surface area contributed by atoms with Gasteiger partial charge in [0, 0.05) is 5.56 Å². The minimum atomic E-state index is -0.426. The van der Waals surface area contributed by atoms with Crippen molar-refractivity contribution in [2.45, 2.75) is 0 Å². The molecule has 0 saturated carbocycles. The topological polar surface area (TPSA) is 59.3 Å². The molecule has 1 aliphatic rings. The van der Waals surface area contributed by atoms with Crippen LogP contribution in [0, 0.1) is 17.1 Å². The molecule has 1 heterocycles. The van der Waals surface area contributed by atoms with Gasteiger partial charge >= 0.3 is 0 Å². The Morgan fingerprint density at radius 1 is 1.14 bits per heavy atom. The fraction of sp³-hybridized carbons (Fsp3) is 0.0588. The van der Waals surface area contributed by atoms with E-state index in [0.717, 1.165) is 0 Å². The molecule has 0 fully saturated rings. The van der Waals surface area contributed by atoms with E-state index in [2.05, 4.69) is 0 Å². The SMILES string of the molecule is N#C/C(=C\c1ccc(F)cc1)C(=O)c1ccc2c(c1)OCO2. The van der Waals surface area contributed by atoms with Crippen LogP contribution >= 0.6 is 0 Å². The second-order valence-corrected chi connectivity index (χ2v) is 4.62. The summed E-state index contributed by atoms with van der Waals surface area (Å²) in [5, 5.41) is 9.20. The normalized spacial score (nSPS) is 12.8. The summed E-state index contributed by atoms with van der Waals surface area (Å²) in [6.45, 7) is 0.115. The van der Waals surface area contributed by atoms with Gasteiger partial charge in [-0.15, -0.1) is 0 Å². The van der Waals surface area contributed by atoms with Crippen LogP contribution in [0.4, 0.5) is 4.39 Å². The van der Waals surface area contributed by atoms with E-state index in [4.69, 9.17) is 9.47 Å². The summed E-state index contributed by atoms with van der Waals surface area (Å²) in [5.74, 6) is 0.241. The van der Waals surface area contributed by atoms with Crippen LogP contribution in [0.15, 0.2) is 48.0 Å². The quantitative estimate of drug-likeness (QED) is 0.495. The molecular formula is C17H10FNO3. The summed E-state index contributed by atoms with van der Waals surface area (Å²) < 4.78 is 23.3. The monoisotopic (exact) mass is 295 g/mol. The van der Waals surface area contributed by atoms with E-state index in [1.54, 1.807) is 18.2 Å². The number of Topliss-reactive ketones (excluding diaryl/α,β-unsaturated/α-hetero) is 1. The Morgan fingerprint density at radius 3 is 2.59 bits per heavy atom. The Bertz CT molecular complexity index is 804. The smallest absolute Gasteiger partial charge is 0.231 e. The van der Waals surface area contributed by atoms with Gasteiger partial charge in [0.25, 0.3) is 0 Å². The fourth-order valence-electron chi connectivity index (χ4n) is 2.07. The Morgan fingerprint density at radius 2 is 1.86 bits per heavy atom. The molecule has 1 aliphatic heterocycles. The Hall–Kier alpha value is -3.13. The molecule has 0 bridgehead atoms. The lowest BCUT2D eigenvalue weighted by molar-refractivity contribution is 0.103. The third-order valence-corrected chi connectivity index (χ3v) is 3.18. The first-order chi connectivity index (χ1) is 10.7. The predicted octanol–water partition coefficient (Wildman–Crippen LogP) is 3.34. The van der Waals surface area contributed by atoms with Crippen LogP contribution in [0.1, 0.15) is 15.9 Å². The third-order valence-electron chi connectivity index (χ3n) is 3.18. The van der Waals surface area contributed by atoms with Crippen molar-refractivity contribution < 1.29 is 18.7 Å². The van der Waals surface area contributed by atoms with Gasteiger partial charge in [-0.3, -0.25) is 4.79 Å². The Kier molecular flexibility index (Phi) is 3.58. The average Bonchev–Trinajstić information content (AvgIpc) is 3.01. The van der Waals surface area contributed by atoms with Gasteiger partial charge in [-0.05, 0) is 42.0 Å². The molecule has 0 aliphatic carbocycles. The lowest BCUT2D eigenvalue weighted by Gasteiger charge is -2.02. The van der Waals surface area contributed by atoms with Crippen LogP contribution in [-0.2, 0) is 0 Å². The molecule has 22 heavy (non-hydrogen) atoms. The van der Waals surface area contributed by atoms with E-state index in [9.17, 15) is 14.4 Å². The van der Waals surface area contributed by atoms with Crippen molar-refractivity contribution >= 4 is 11.9 Å². The number of allylic oxidation sites excluding steroid dienone is 1. The number of halogens is 1. The zero-order valence-corrected chi connectivity index (χ0v) is 11.4. The predicted molar refractivity (Wildman–Crippen MR) is 76.9 cm³/mol. The molecule has 0 saturated heterocycles. The molecule has 108 valence electrons. The van der Waals surface area contributed by atoms with E-state index in [1.165, 1.54) is 30.3 Å². The van der Waals surface area contributed by atoms with Gasteiger partial charge < -0.3 is 9.47 Å². The number of rotatable bonds is 3. The van der Waals surface area contributed by atoms with E-state index in [-0.39, 0.29) is 18.2 Å². The molecule has 0 amide bonds. The van der Waals surface area contributed by atoms with Crippen molar-refractivity contribution in [2.24, 2.45) is 0 Å². The highest BCUT2D eigenvalue weighted by Gasteiger charge is 2.18. The molecule has 2 aromatic rings. The number of ketones is 1. The molecule has 0 radical (unpaired) electrons. The van der Waals surface area contributed by atoms with Crippen molar-refractivity contribution in [1.29, 1.82) is 5.26 Å². The number of fused-ring (bicyclic) bond motifs is 1. The summed E-state index contributed by atoms with van der Waals surface area (Å²) in [5.41, 5.74) is 0.872. The van der Waals surface area contributed by atoms with Crippen molar-refractivity contribution in [1.82, 2.24) is 0 Å². The Labute approximate surface area is 126 Å². The summed E-state index contributed by atoms with van der Waals surface area (Å²) in [7, 11) is 0. The van der Waals surface area contributed by atoms with Crippen LogP contribution in [0.3, 0.4) is 0 Å². The Balaban J connectivity index is 1.92. The molecule has 0 atom stereocenters. The number of ether oxygens (including phenoxy) is 2. The average molecular weight is 295 g/mol. The number of carbonyl (C=O) groups is 1. The molecular weight excluding hydrogens is 285 g/mol. The molecule has 2 aromatic carbocycles. The van der Waals surface area contributed by atoms with Crippen LogP contribution < -0.4 is 9.47 Å². The second kappa shape index (κ2) is 5.70. The van der Waals surface area contributed by atoms with Crippen molar-refractivity contribution in [3.8, 4) is 17.6 Å². The third kappa shape index (κ3) is 2.67. The summed E-state index contributed by atoms with van der Waals surface area (Å²) in [6, 6.07) is 12.2. The maximum atomic E-state index is 12.9. The summed E-state index contributed by atoms with van der Waals surface area (Å²) in [4.78, 5) is 12.4. The molecule has 0 aromatic heterocycles. The van der Waals surface area contributed by atoms with E-state index in [0.29, 0.717) is 22.6 Å².